The molecule has 0 aliphatic heterocycles. The van der Waals surface area contributed by atoms with Crippen molar-refractivity contribution in [2.45, 2.75) is 32.4 Å². The summed E-state index contributed by atoms with van der Waals surface area (Å²) in [6.07, 6.45) is 3.58. The summed E-state index contributed by atoms with van der Waals surface area (Å²) in [5.41, 5.74) is 1.04. The highest BCUT2D eigenvalue weighted by atomic mass is 32.2. The maximum Gasteiger partial charge on any atom is 0.320 e. The summed E-state index contributed by atoms with van der Waals surface area (Å²) in [4.78, 5) is 11.1. The molecule has 1 aromatic carbocycles. The lowest BCUT2D eigenvalue weighted by Gasteiger charge is -2.14. The van der Waals surface area contributed by atoms with Crippen LogP contribution in [0.25, 0.3) is 0 Å². The van der Waals surface area contributed by atoms with Crippen molar-refractivity contribution in [1.82, 2.24) is 5.32 Å². The minimum Gasteiger partial charge on any atom is -0.494 e. The van der Waals surface area contributed by atoms with E-state index in [-0.39, 0.29) is 0 Å². The Morgan fingerprint density at radius 2 is 2.30 bits per heavy atom. The van der Waals surface area contributed by atoms with Crippen LogP contribution in [-0.4, -0.2) is 35.7 Å². The third-order valence-corrected chi connectivity index (χ3v) is 3.48. The number of aliphatic carboxylic acids is 1. The smallest absolute Gasteiger partial charge is 0.320 e. The molecule has 112 valence electrons. The number of carboxylic acid groups (broad SMARTS) is 1. The third-order valence-electron chi connectivity index (χ3n) is 2.83. The molecule has 0 fully saturated rings. The fraction of sp³-hybridized carbons (Fsp3) is 0.533. The molecular weight excluding hydrogens is 274 g/mol. The van der Waals surface area contributed by atoms with Gasteiger partial charge in [0.05, 0.1) is 6.61 Å². The van der Waals surface area contributed by atoms with Crippen LogP contribution in [-0.2, 0) is 11.3 Å². The Hall–Kier alpha value is -1.20. The number of ether oxygens (including phenoxy) is 1. The largest absolute Gasteiger partial charge is 0.494 e. The first-order valence-electron chi connectivity index (χ1n) is 6.84. The number of rotatable bonds is 10. The standard InChI is InChI=1S/C15H23NO3S/c1-3-8-19-13-6-4-5-12(10-13)11-16-14(15(17)18)7-9-20-2/h4-6,10,14,16H,3,7-9,11H2,1-2H3,(H,17,18). The van der Waals surface area contributed by atoms with E-state index in [1.54, 1.807) is 11.8 Å². The molecule has 0 heterocycles. The Bertz CT molecular complexity index is 412. The summed E-state index contributed by atoms with van der Waals surface area (Å²) in [6, 6.07) is 7.28. The lowest BCUT2D eigenvalue weighted by atomic mass is 10.1. The summed E-state index contributed by atoms with van der Waals surface area (Å²) in [5, 5.41) is 12.2. The van der Waals surface area contributed by atoms with Gasteiger partial charge in [-0.2, -0.15) is 11.8 Å². The van der Waals surface area contributed by atoms with E-state index in [9.17, 15) is 4.79 Å². The topological polar surface area (TPSA) is 58.6 Å². The van der Waals surface area contributed by atoms with E-state index >= 15 is 0 Å². The van der Waals surface area contributed by atoms with Gasteiger partial charge in [-0.3, -0.25) is 4.79 Å². The maximum atomic E-state index is 11.1. The minimum atomic E-state index is -0.794. The SMILES string of the molecule is CCCOc1cccc(CNC(CCSC)C(=O)O)c1. The zero-order chi connectivity index (χ0) is 14.8. The van der Waals surface area contributed by atoms with Gasteiger partial charge in [0.2, 0.25) is 0 Å². The van der Waals surface area contributed by atoms with Gasteiger partial charge >= 0.3 is 5.97 Å². The number of benzene rings is 1. The second-order valence-corrected chi connectivity index (χ2v) is 5.53. The van der Waals surface area contributed by atoms with E-state index in [1.807, 2.05) is 30.5 Å². The molecule has 0 bridgehead atoms. The number of thioether (sulfide) groups is 1. The van der Waals surface area contributed by atoms with Gasteiger partial charge in [-0.1, -0.05) is 19.1 Å². The Labute approximate surface area is 124 Å². The maximum absolute atomic E-state index is 11.1. The number of nitrogens with one attached hydrogen (secondary N) is 1. The van der Waals surface area contributed by atoms with E-state index in [2.05, 4.69) is 12.2 Å². The average molecular weight is 297 g/mol. The molecule has 0 saturated carbocycles. The van der Waals surface area contributed by atoms with E-state index in [1.165, 1.54) is 0 Å². The second-order valence-electron chi connectivity index (χ2n) is 4.55. The molecule has 20 heavy (non-hydrogen) atoms. The second kappa shape index (κ2) is 9.66. The van der Waals surface area contributed by atoms with Crippen molar-refractivity contribution in [2.75, 3.05) is 18.6 Å². The molecule has 0 aliphatic rings. The number of hydrogen-bond donors (Lipinski definition) is 2. The summed E-state index contributed by atoms with van der Waals surface area (Å²) in [7, 11) is 0. The number of hydrogen-bond acceptors (Lipinski definition) is 4. The molecule has 2 N–H and O–H groups in total. The average Bonchev–Trinajstić information content (AvgIpc) is 2.45. The van der Waals surface area contributed by atoms with Crippen LogP contribution >= 0.6 is 11.8 Å². The molecular formula is C15H23NO3S. The molecule has 1 atom stereocenters. The van der Waals surface area contributed by atoms with Crippen LogP contribution in [0.15, 0.2) is 24.3 Å². The molecule has 1 unspecified atom stereocenters. The van der Waals surface area contributed by atoms with Gasteiger partial charge in [0.1, 0.15) is 11.8 Å². The lowest BCUT2D eigenvalue weighted by molar-refractivity contribution is -0.139. The first-order valence-corrected chi connectivity index (χ1v) is 8.23. The minimum absolute atomic E-state index is 0.498. The van der Waals surface area contributed by atoms with Gasteiger partial charge in [-0.15, -0.1) is 0 Å². The summed E-state index contributed by atoms with van der Waals surface area (Å²) >= 11 is 1.66. The van der Waals surface area contributed by atoms with E-state index in [4.69, 9.17) is 9.84 Å². The Kier molecular flexibility index (Phi) is 8.14. The van der Waals surface area contributed by atoms with Crippen LogP contribution in [0.1, 0.15) is 25.3 Å². The number of carboxylic acids is 1. The van der Waals surface area contributed by atoms with Crippen LogP contribution in [0.3, 0.4) is 0 Å². The van der Waals surface area contributed by atoms with Gasteiger partial charge in [0, 0.05) is 6.54 Å². The van der Waals surface area contributed by atoms with E-state index < -0.39 is 12.0 Å². The van der Waals surface area contributed by atoms with Crippen molar-refractivity contribution in [3.8, 4) is 5.75 Å². The Morgan fingerprint density at radius 3 is 2.95 bits per heavy atom. The number of carbonyl (C=O) groups is 1. The van der Waals surface area contributed by atoms with E-state index in [0.717, 1.165) is 23.5 Å². The third kappa shape index (κ3) is 6.30. The summed E-state index contributed by atoms with van der Waals surface area (Å²) < 4.78 is 5.57. The summed E-state index contributed by atoms with van der Waals surface area (Å²) in [5.74, 6) is 0.878. The van der Waals surface area contributed by atoms with E-state index in [0.29, 0.717) is 19.6 Å². The summed E-state index contributed by atoms with van der Waals surface area (Å²) in [6.45, 7) is 3.30. The molecule has 0 spiro atoms. The van der Waals surface area contributed by atoms with Gasteiger partial charge in [-0.05, 0) is 42.5 Å². The molecule has 1 aromatic rings. The molecule has 0 saturated heterocycles. The molecule has 0 amide bonds. The Morgan fingerprint density at radius 1 is 1.50 bits per heavy atom. The van der Waals surface area contributed by atoms with Crippen molar-refractivity contribution in [2.24, 2.45) is 0 Å². The highest BCUT2D eigenvalue weighted by Crippen LogP contribution is 2.14. The monoisotopic (exact) mass is 297 g/mol. The van der Waals surface area contributed by atoms with Gasteiger partial charge in [0.25, 0.3) is 0 Å². The first-order chi connectivity index (χ1) is 9.67. The van der Waals surface area contributed by atoms with Crippen LogP contribution < -0.4 is 10.1 Å². The fourth-order valence-electron chi connectivity index (χ4n) is 1.75. The van der Waals surface area contributed by atoms with Crippen molar-refractivity contribution in [3.63, 3.8) is 0 Å². The highest BCUT2D eigenvalue weighted by Gasteiger charge is 2.15. The van der Waals surface area contributed by atoms with Crippen molar-refractivity contribution in [1.29, 1.82) is 0 Å². The lowest BCUT2D eigenvalue weighted by Crippen LogP contribution is -2.36. The Balaban J connectivity index is 2.52. The molecule has 0 aromatic heterocycles. The van der Waals surface area contributed by atoms with Crippen LogP contribution in [0.5, 0.6) is 5.75 Å². The van der Waals surface area contributed by atoms with Crippen LogP contribution in [0.2, 0.25) is 0 Å². The normalized spacial score (nSPS) is 12.1. The van der Waals surface area contributed by atoms with Crippen LogP contribution in [0.4, 0.5) is 0 Å². The molecule has 0 radical (unpaired) electrons. The first kappa shape index (κ1) is 16.9. The van der Waals surface area contributed by atoms with Gasteiger partial charge in [0.15, 0.2) is 0 Å². The molecule has 1 rings (SSSR count). The highest BCUT2D eigenvalue weighted by molar-refractivity contribution is 7.98. The van der Waals surface area contributed by atoms with Crippen molar-refractivity contribution < 1.29 is 14.6 Å². The van der Waals surface area contributed by atoms with Crippen LogP contribution in [0, 0.1) is 0 Å². The predicted molar refractivity (Wildman–Crippen MR) is 83.5 cm³/mol. The zero-order valence-electron chi connectivity index (χ0n) is 12.1. The molecule has 5 heteroatoms. The van der Waals surface area contributed by atoms with Gasteiger partial charge < -0.3 is 15.2 Å². The molecule has 0 aliphatic carbocycles. The quantitative estimate of drug-likeness (QED) is 0.695. The fourth-order valence-corrected chi connectivity index (χ4v) is 2.23. The predicted octanol–water partition coefficient (Wildman–Crippen LogP) is 2.77. The zero-order valence-corrected chi connectivity index (χ0v) is 12.9. The van der Waals surface area contributed by atoms with Crippen molar-refractivity contribution in [3.05, 3.63) is 29.8 Å². The van der Waals surface area contributed by atoms with Gasteiger partial charge in [-0.25, -0.2) is 0 Å². The molecule has 4 nitrogen and oxygen atoms in total. The van der Waals surface area contributed by atoms with Crippen molar-refractivity contribution >= 4 is 17.7 Å².